The van der Waals surface area contributed by atoms with Gasteiger partial charge in [0.25, 0.3) is 0 Å². The number of ether oxygens (including phenoxy) is 1. The molecular weight excluding hydrogens is 665 g/mol. The van der Waals surface area contributed by atoms with Gasteiger partial charge in [-0.15, -0.1) is 15.3 Å². The summed E-state index contributed by atoms with van der Waals surface area (Å²) in [5, 5.41) is 29.6. The van der Waals surface area contributed by atoms with Crippen LogP contribution in [0.3, 0.4) is 0 Å². The Bertz CT molecular complexity index is 2170. The van der Waals surface area contributed by atoms with Crippen molar-refractivity contribution >= 4 is 67.5 Å². The van der Waals surface area contributed by atoms with Crippen LogP contribution in [0.5, 0.6) is 0 Å². The van der Waals surface area contributed by atoms with Crippen LogP contribution in [0, 0.1) is 0 Å². The van der Waals surface area contributed by atoms with E-state index in [9.17, 15) is 9.59 Å². The molecule has 0 aliphatic carbocycles. The molecule has 1 amide bonds. The van der Waals surface area contributed by atoms with Crippen LogP contribution in [0.1, 0.15) is 46.1 Å². The van der Waals surface area contributed by atoms with E-state index >= 15 is 0 Å². The highest BCUT2D eigenvalue weighted by Crippen LogP contribution is 2.42. The predicted molar refractivity (Wildman–Crippen MR) is 211 cm³/mol. The van der Waals surface area contributed by atoms with Gasteiger partial charge in [0.1, 0.15) is 5.66 Å². The first-order valence-corrected chi connectivity index (χ1v) is 18.4. The molecule has 0 radical (unpaired) electrons. The lowest BCUT2D eigenvalue weighted by Gasteiger charge is -2.36. The number of hydrogen-bond donors (Lipinski definition) is 2. The Morgan fingerprint density at radius 1 is 0.698 bits per heavy atom. The van der Waals surface area contributed by atoms with Crippen LogP contribution in [0.4, 0.5) is 34.1 Å². The van der Waals surface area contributed by atoms with Crippen molar-refractivity contribution < 1.29 is 14.3 Å². The van der Waals surface area contributed by atoms with Crippen molar-refractivity contribution in [3.8, 4) is 0 Å². The van der Waals surface area contributed by atoms with Crippen molar-refractivity contribution in [3.63, 3.8) is 0 Å². The second-order valence-electron chi connectivity index (χ2n) is 14.4. The minimum Gasteiger partial charge on any atom is -0.465 e. The van der Waals surface area contributed by atoms with E-state index in [4.69, 9.17) is 15.0 Å². The number of fused-ring (bicyclic) bond motifs is 1. The number of esters is 1. The molecule has 11 heteroatoms. The van der Waals surface area contributed by atoms with Gasteiger partial charge in [-0.05, 0) is 75.7 Å². The SMILES string of the molecule is CC(C)N1CCN(C(=O)CCC(=O)OCCc2ccc(/N=N/c3ccc(/N=N/c4ccc5c6c(cccc46)NC(C)(C)N5)c4ccccc34)cc2)CC1. The topological polar surface area (TPSA) is 123 Å². The first-order chi connectivity index (χ1) is 25.6. The predicted octanol–water partition coefficient (Wildman–Crippen LogP) is 9.82. The number of anilines is 2. The molecule has 5 aromatic carbocycles. The van der Waals surface area contributed by atoms with Gasteiger partial charge < -0.3 is 20.3 Å². The summed E-state index contributed by atoms with van der Waals surface area (Å²) in [5.74, 6) is -0.329. The number of benzene rings is 5. The number of azo groups is 2. The number of carbonyl (C=O) groups excluding carboxylic acids is 2. The summed E-state index contributed by atoms with van der Waals surface area (Å²) in [4.78, 5) is 29.1. The summed E-state index contributed by atoms with van der Waals surface area (Å²) in [6, 6.07) is 30.3. The Balaban J connectivity index is 0.941. The summed E-state index contributed by atoms with van der Waals surface area (Å²) in [6.45, 7) is 12.0. The van der Waals surface area contributed by atoms with Gasteiger partial charge >= 0.3 is 5.97 Å². The second kappa shape index (κ2) is 15.5. The first-order valence-electron chi connectivity index (χ1n) is 18.4. The fourth-order valence-corrected chi connectivity index (χ4v) is 6.99. The van der Waals surface area contributed by atoms with E-state index in [1.54, 1.807) is 0 Å². The Morgan fingerprint density at radius 3 is 1.94 bits per heavy atom. The van der Waals surface area contributed by atoms with Crippen LogP contribution in [0.25, 0.3) is 21.5 Å². The molecule has 2 aliphatic heterocycles. The maximum Gasteiger partial charge on any atom is 0.306 e. The molecule has 2 aliphatic rings. The summed E-state index contributed by atoms with van der Waals surface area (Å²) in [7, 11) is 0. The van der Waals surface area contributed by atoms with E-state index in [2.05, 4.69) is 71.7 Å². The average Bonchev–Trinajstić information content (AvgIpc) is 3.16. The summed E-state index contributed by atoms with van der Waals surface area (Å²) in [6.07, 6.45) is 0.854. The molecule has 0 bridgehead atoms. The monoisotopic (exact) mass is 710 g/mol. The minimum atomic E-state index is -0.347. The second-order valence-corrected chi connectivity index (χ2v) is 14.4. The molecule has 11 nitrogen and oxygen atoms in total. The molecule has 0 saturated carbocycles. The number of nitrogens with one attached hydrogen (secondary N) is 2. The third kappa shape index (κ3) is 8.36. The molecule has 7 rings (SSSR count). The molecule has 2 heterocycles. The van der Waals surface area contributed by atoms with Gasteiger partial charge in [-0.2, -0.15) is 5.11 Å². The van der Waals surface area contributed by atoms with Crippen molar-refractivity contribution in [1.82, 2.24) is 9.80 Å². The molecule has 5 aromatic rings. The third-order valence-electron chi connectivity index (χ3n) is 9.86. The van der Waals surface area contributed by atoms with Crippen LogP contribution in [-0.4, -0.2) is 66.2 Å². The zero-order chi connectivity index (χ0) is 37.0. The number of piperazine rings is 1. The van der Waals surface area contributed by atoms with Crippen LogP contribution in [0.2, 0.25) is 0 Å². The quantitative estimate of drug-likeness (QED) is 0.104. The molecule has 0 atom stereocenters. The van der Waals surface area contributed by atoms with Gasteiger partial charge in [-0.3, -0.25) is 14.5 Å². The van der Waals surface area contributed by atoms with Crippen molar-refractivity contribution in [1.29, 1.82) is 0 Å². The van der Waals surface area contributed by atoms with Gasteiger partial charge in [0.15, 0.2) is 0 Å². The van der Waals surface area contributed by atoms with Gasteiger partial charge in [0.2, 0.25) is 5.91 Å². The molecular formula is C42H46N8O3. The zero-order valence-corrected chi connectivity index (χ0v) is 30.8. The highest BCUT2D eigenvalue weighted by Gasteiger charge is 2.26. The number of rotatable bonds is 11. The fraction of sp³-hybridized carbons (Fsp3) is 0.333. The van der Waals surface area contributed by atoms with E-state index in [0.29, 0.717) is 31.2 Å². The highest BCUT2D eigenvalue weighted by molar-refractivity contribution is 6.09. The van der Waals surface area contributed by atoms with Crippen LogP contribution in [0.15, 0.2) is 111 Å². The lowest BCUT2D eigenvalue weighted by molar-refractivity contribution is -0.146. The van der Waals surface area contributed by atoms with Crippen LogP contribution < -0.4 is 10.6 Å². The molecule has 0 spiro atoms. The largest absolute Gasteiger partial charge is 0.465 e. The Labute approximate surface area is 310 Å². The van der Waals surface area contributed by atoms with Gasteiger partial charge in [0.05, 0.1) is 35.8 Å². The molecule has 272 valence electrons. The van der Waals surface area contributed by atoms with Gasteiger partial charge in [-0.25, -0.2) is 0 Å². The summed E-state index contributed by atoms with van der Waals surface area (Å²) >= 11 is 0. The lowest BCUT2D eigenvalue weighted by atomic mass is 10.00. The third-order valence-corrected chi connectivity index (χ3v) is 9.86. The van der Waals surface area contributed by atoms with E-state index in [-0.39, 0.29) is 37.0 Å². The Hall–Kier alpha value is -5.68. The maximum atomic E-state index is 12.6. The number of carbonyl (C=O) groups is 2. The number of hydrogen-bond acceptors (Lipinski definition) is 10. The van der Waals surface area contributed by atoms with Gasteiger partial charge in [-0.1, -0.05) is 48.5 Å². The number of amides is 1. The highest BCUT2D eigenvalue weighted by atomic mass is 16.5. The van der Waals surface area contributed by atoms with Crippen molar-refractivity contribution in [2.75, 3.05) is 43.4 Å². The normalized spacial score (nSPS) is 15.7. The maximum absolute atomic E-state index is 12.6. The fourth-order valence-electron chi connectivity index (χ4n) is 6.99. The molecule has 0 aromatic heterocycles. The molecule has 53 heavy (non-hydrogen) atoms. The van der Waals surface area contributed by atoms with Crippen molar-refractivity contribution in [3.05, 3.63) is 96.6 Å². The van der Waals surface area contributed by atoms with E-state index < -0.39 is 0 Å². The number of nitrogens with zero attached hydrogens (tertiary/aromatic N) is 6. The molecule has 1 saturated heterocycles. The molecule has 1 fully saturated rings. The molecule has 2 N–H and O–H groups in total. The lowest BCUT2D eigenvalue weighted by Crippen LogP contribution is -2.50. The minimum absolute atomic E-state index is 0.0179. The zero-order valence-electron chi connectivity index (χ0n) is 30.8. The van der Waals surface area contributed by atoms with E-state index in [1.807, 2.05) is 77.7 Å². The summed E-state index contributed by atoms with van der Waals surface area (Å²) < 4.78 is 5.42. The Morgan fingerprint density at radius 2 is 1.28 bits per heavy atom. The van der Waals surface area contributed by atoms with E-state index in [1.165, 1.54) is 0 Å². The van der Waals surface area contributed by atoms with Crippen molar-refractivity contribution in [2.24, 2.45) is 20.5 Å². The van der Waals surface area contributed by atoms with Gasteiger partial charge in [0, 0.05) is 78.0 Å². The summed E-state index contributed by atoms with van der Waals surface area (Å²) in [5.41, 5.74) is 5.88. The Kier molecular flexibility index (Phi) is 10.5. The first kappa shape index (κ1) is 35.7. The van der Waals surface area contributed by atoms with Crippen LogP contribution >= 0.6 is 0 Å². The van der Waals surface area contributed by atoms with Crippen molar-refractivity contribution in [2.45, 2.75) is 58.7 Å². The standard InChI is InChI=1S/C42H46N8O3/c1-28(2)49-23-25-50(26-24-49)39(51)20-21-40(52)53-27-22-29-12-14-30(15-13-29)45-46-34-16-17-35(32-9-6-5-8-31(32)34)47-48-36-18-19-38-41-33(36)10-7-11-37(41)43-42(3,4)44-38/h5-19,28,43-44H,20-27H2,1-4H3/b46-45+,48-47+. The average molecular weight is 711 g/mol. The molecule has 0 unspecified atom stereocenters. The van der Waals surface area contributed by atoms with Crippen LogP contribution in [-0.2, 0) is 20.7 Å². The van der Waals surface area contributed by atoms with E-state index in [0.717, 1.165) is 68.6 Å². The smallest absolute Gasteiger partial charge is 0.306 e.